The van der Waals surface area contributed by atoms with Crippen LogP contribution in [-0.2, 0) is 19.6 Å². The number of halogens is 2. The Labute approximate surface area is 195 Å². The number of aromatic nitrogens is 1. The number of benzene rings is 2. The van der Waals surface area contributed by atoms with Crippen LogP contribution in [0.3, 0.4) is 0 Å². The zero-order chi connectivity index (χ0) is 23.1. The molecule has 1 aromatic heterocycles. The average Bonchev–Trinajstić information content (AvgIpc) is 2.79. The number of hydrogen-bond donors (Lipinski definition) is 1. The van der Waals surface area contributed by atoms with E-state index in [1.54, 1.807) is 18.2 Å². The maximum Gasteiger partial charge on any atom is 0.335 e. The van der Waals surface area contributed by atoms with E-state index in [-0.39, 0.29) is 22.8 Å². The molecular formula is C24H23Cl2NO5. The van der Waals surface area contributed by atoms with Crippen molar-refractivity contribution in [1.82, 2.24) is 4.57 Å². The maximum absolute atomic E-state index is 12.7. The molecule has 168 valence electrons. The summed E-state index contributed by atoms with van der Waals surface area (Å²) in [5.74, 6) is 0.180. The number of carboxylic acid groups (broad SMARTS) is 1. The van der Waals surface area contributed by atoms with E-state index >= 15 is 0 Å². The molecule has 1 heterocycles. The highest BCUT2D eigenvalue weighted by molar-refractivity contribution is 6.34. The Morgan fingerprint density at radius 2 is 1.66 bits per heavy atom. The fourth-order valence-electron chi connectivity index (χ4n) is 3.12. The van der Waals surface area contributed by atoms with Crippen molar-refractivity contribution in [3.05, 3.63) is 91.8 Å². The zero-order valence-electron chi connectivity index (χ0n) is 17.5. The molecule has 0 saturated heterocycles. The second-order valence-corrected chi connectivity index (χ2v) is 7.89. The Morgan fingerprint density at radius 3 is 2.28 bits per heavy atom. The van der Waals surface area contributed by atoms with E-state index in [9.17, 15) is 9.59 Å². The van der Waals surface area contributed by atoms with Gasteiger partial charge in [0.15, 0.2) is 11.5 Å². The number of pyridine rings is 1. The Balaban J connectivity index is 1.82. The topological polar surface area (TPSA) is 77.8 Å². The molecule has 6 nitrogen and oxygen atoms in total. The molecule has 0 spiro atoms. The first kappa shape index (κ1) is 23.7. The van der Waals surface area contributed by atoms with Gasteiger partial charge in [-0.3, -0.25) is 4.79 Å². The molecule has 8 heteroatoms. The quantitative estimate of drug-likeness (QED) is 0.420. The lowest BCUT2D eigenvalue weighted by molar-refractivity contribution is 0.0697. The van der Waals surface area contributed by atoms with E-state index in [4.69, 9.17) is 37.8 Å². The zero-order valence-corrected chi connectivity index (χ0v) is 19.0. The number of ether oxygens (including phenoxy) is 2. The molecule has 0 aliphatic carbocycles. The van der Waals surface area contributed by atoms with Gasteiger partial charge in [0.2, 0.25) is 0 Å². The molecule has 0 amide bonds. The molecule has 2 aromatic carbocycles. The molecule has 0 aliphatic heterocycles. The summed E-state index contributed by atoms with van der Waals surface area (Å²) in [5, 5.41) is 9.38. The van der Waals surface area contributed by atoms with E-state index in [1.165, 1.54) is 22.8 Å². The predicted molar refractivity (Wildman–Crippen MR) is 124 cm³/mol. The second-order valence-electron chi connectivity index (χ2n) is 7.08. The van der Waals surface area contributed by atoms with Crippen LogP contribution in [-0.4, -0.2) is 22.2 Å². The minimum Gasteiger partial charge on any atom is -0.490 e. The molecular weight excluding hydrogens is 453 g/mol. The Hall–Kier alpha value is -2.96. The monoisotopic (exact) mass is 475 g/mol. The van der Waals surface area contributed by atoms with Gasteiger partial charge in [0.1, 0.15) is 11.6 Å². The van der Waals surface area contributed by atoms with Crippen LogP contribution in [0.1, 0.15) is 35.0 Å². The third-order valence-corrected chi connectivity index (χ3v) is 5.40. The number of carbonyl (C=O) groups is 1. The van der Waals surface area contributed by atoms with Crippen LogP contribution >= 0.6 is 23.2 Å². The molecule has 0 unspecified atom stereocenters. The maximum atomic E-state index is 12.7. The SMILES string of the molecule is CCCOc1ccccc1OCc1c(Cl)cc(Cl)c(=O)n1CCc1ccc(C(=O)O)cc1. The third kappa shape index (κ3) is 5.84. The van der Waals surface area contributed by atoms with Gasteiger partial charge in [-0.25, -0.2) is 4.79 Å². The number of carboxylic acids is 1. The lowest BCUT2D eigenvalue weighted by atomic mass is 10.1. The van der Waals surface area contributed by atoms with Crippen LogP contribution in [0, 0.1) is 0 Å². The van der Waals surface area contributed by atoms with Gasteiger partial charge < -0.3 is 19.1 Å². The van der Waals surface area contributed by atoms with Crippen molar-refractivity contribution in [2.75, 3.05) is 6.61 Å². The number of aromatic carboxylic acids is 1. The van der Waals surface area contributed by atoms with Crippen LogP contribution in [0.2, 0.25) is 10.0 Å². The van der Waals surface area contributed by atoms with Crippen LogP contribution < -0.4 is 15.0 Å². The summed E-state index contributed by atoms with van der Waals surface area (Å²) < 4.78 is 13.2. The Bertz CT molecular complexity index is 1140. The van der Waals surface area contributed by atoms with Gasteiger partial charge in [0, 0.05) is 6.54 Å². The van der Waals surface area contributed by atoms with Gasteiger partial charge in [-0.1, -0.05) is 54.4 Å². The average molecular weight is 476 g/mol. The van der Waals surface area contributed by atoms with E-state index in [1.807, 2.05) is 25.1 Å². The highest BCUT2D eigenvalue weighted by atomic mass is 35.5. The van der Waals surface area contributed by atoms with Crippen molar-refractivity contribution in [1.29, 1.82) is 0 Å². The van der Waals surface area contributed by atoms with Crippen LogP contribution in [0.25, 0.3) is 0 Å². The minimum absolute atomic E-state index is 0.0201. The van der Waals surface area contributed by atoms with E-state index < -0.39 is 5.97 Å². The molecule has 0 saturated carbocycles. The van der Waals surface area contributed by atoms with Gasteiger partial charge in [-0.05, 0) is 48.7 Å². The third-order valence-electron chi connectivity index (χ3n) is 4.80. The fourth-order valence-corrected chi connectivity index (χ4v) is 3.65. The van der Waals surface area contributed by atoms with E-state index in [2.05, 4.69) is 0 Å². The highest BCUT2D eigenvalue weighted by Crippen LogP contribution is 2.28. The number of hydrogen-bond acceptors (Lipinski definition) is 4. The number of nitrogens with zero attached hydrogens (tertiary/aromatic N) is 1. The Kier molecular flexibility index (Phi) is 8.20. The van der Waals surface area contributed by atoms with Crippen molar-refractivity contribution in [3.63, 3.8) is 0 Å². The molecule has 1 N–H and O–H groups in total. The standard InChI is InChI=1S/C24H23Cl2NO5/c1-2-13-31-21-5-3-4-6-22(21)32-15-20-18(25)14-19(26)23(28)27(20)12-11-16-7-9-17(10-8-16)24(29)30/h3-10,14H,2,11-13,15H2,1H3,(H,29,30). The van der Waals surface area contributed by atoms with Crippen molar-refractivity contribution >= 4 is 29.2 Å². The summed E-state index contributed by atoms with van der Waals surface area (Å²) in [6.45, 7) is 2.94. The molecule has 0 bridgehead atoms. The van der Waals surface area contributed by atoms with Crippen LogP contribution in [0.5, 0.6) is 11.5 Å². The summed E-state index contributed by atoms with van der Waals surface area (Å²) in [6, 6.07) is 15.2. The van der Waals surface area contributed by atoms with Crippen molar-refractivity contribution in [2.45, 2.75) is 32.9 Å². The van der Waals surface area contributed by atoms with Crippen molar-refractivity contribution in [2.24, 2.45) is 0 Å². The second kappa shape index (κ2) is 11.1. The summed E-state index contributed by atoms with van der Waals surface area (Å²) >= 11 is 12.5. The van der Waals surface area contributed by atoms with Gasteiger partial charge >= 0.3 is 5.97 Å². The molecule has 0 atom stereocenters. The first-order valence-electron chi connectivity index (χ1n) is 10.1. The molecule has 0 fully saturated rings. The van der Waals surface area contributed by atoms with Gasteiger partial charge in [-0.15, -0.1) is 0 Å². The predicted octanol–water partition coefficient (Wildman–Crippen LogP) is 5.46. The molecule has 0 radical (unpaired) electrons. The van der Waals surface area contributed by atoms with Gasteiger partial charge in [-0.2, -0.15) is 0 Å². The molecule has 3 aromatic rings. The number of aryl methyl sites for hydroxylation is 1. The van der Waals surface area contributed by atoms with Crippen molar-refractivity contribution < 1.29 is 19.4 Å². The fraction of sp³-hybridized carbons (Fsp3) is 0.250. The van der Waals surface area contributed by atoms with Crippen LogP contribution in [0.15, 0.2) is 59.4 Å². The van der Waals surface area contributed by atoms with Crippen molar-refractivity contribution in [3.8, 4) is 11.5 Å². The highest BCUT2D eigenvalue weighted by Gasteiger charge is 2.15. The normalized spacial score (nSPS) is 10.7. The van der Waals surface area contributed by atoms with Gasteiger partial charge in [0.25, 0.3) is 5.56 Å². The number of rotatable bonds is 10. The lowest BCUT2D eigenvalue weighted by Crippen LogP contribution is -2.26. The minimum atomic E-state index is -0.989. The van der Waals surface area contributed by atoms with E-state index in [0.29, 0.717) is 41.8 Å². The van der Waals surface area contributed by atoms with E-state index in [0.717, 1.165) is 12.0 Å². The lowest BCUT2D eigenvalue weighted by Gasteiger charge is -2.17. The molecule has 3 rings (SSSR count). The summed E-state index contributed by atoms with van der Waals surface area (Å²) in [4.78, 5) is 23.8. The summed E-state index contributed by atoms with van der Waals surface area (Å²) in [5.41, 5.74) is 1.21. The largest absolute Gasteiger partial charge is 0.490 e. The van der Waals surface area contributed by atoms with Crippen LogP contribution in [0.4, 0.5) is 0 Å². The van der Waals surface area contributed by atoms with Gasteiger partial charge in [0.05, 0.1) is 22.9 Å². The summed E-state index contributed by atoms with van der Waals surface area (Å²) in [6.07, 6.45) is 1.35. The number of para-hydroxylation sites is 2. The molecule has 32 heavy (non-hydrogen) atoms. The Morgan fingerprint density at radius 1 is 1.00 bits per heavy atom. The smallest absolute Gasteiger partial charge is 0.335 e. The first-order chi connectivity index (χ1) is 15.4. The molecule has 0 aliphatic rings. The summed E-state index contributed by atoms with van der Waals surface area (Å²) in [7, 11) is 0. The first-order valence-corrected chi connectivity index (χ1v) is 10.9.